The van der Waals surface area contributed by atoms with Crippen LogP contribution >= 0.6 is 12.2 Å². The average Bonchev–Trinajstić information content (AvgIpc) is 2.72. The molecule has 0 saturated heterocycles. The summed E-state index contributed by atoms with van der Waals surface area (Å²) in [7, 11) is 0. The molecule has 1 atom stereocenters. The van der Waals surface area contributed by atoms with Crippen LogP contribution in [-0.2, 0) is 25.7 Å². The molecule has 7 N–H and O–H groups in total. The van der Waals surface area contributed by atoms with Crippen LogP contribution in [0.1, 0.15) is 44.1 Å². The second-order valence-electron chi connectivity index (χ2n) is 6.52. The Labute approximate surface area is 190 Å². The van der Waals surface area contributed by atoms with Crippen molar-refractivity contribution >= 4 is 41.3 Å². The Morgan fingerprint density at radius 1 is 0.969 bits per heavy atom. The van der Waals surface area contributed by atoms with Gasteiger partial charge in [-0.1, -0.05) is 36.8 Å². The Morgan fingerprint density at radius 3 is 2.12 bits per heavy atom. The van der Waals surface area contributed by atoms with E-state index in [-0.39, 0.29) is 31.0 Å². The van der Waals surface area contributed by atoms with Gasteiger partial charge in [0, 0.05) is 19.4 Å². The Morgan fingerprint density at radius 2 is 1.59 bits per heavy atom. The number of rotatable bonds is 13. The lowest BCUT2D eigenvalue weighted by Gasteiger charge is -2.12. The summed E-state index contributed by atoms with van der Waals surface area (Å²) in [5.74, 6) is -3.01. The van der Waals surface area contributed by atoms with Crippen LogP contribution in [0.2, 0.25) is 0 Å². The maximum atomic E-state index is 11.3. The highest BCUT2D eigenvalue weighted by Crippen LogP contribution is 2.01. The van der Waals surface area contributed by atoms with Crippen molar-refractivity contribution < 1.29 is 39.2 Å². The number of aliphatic carboxylic acids is 3. The molecule has 0 aliphatic heterocycles. The molecule has 1 unspecified atom stereocenters. The van der Waals surface area contributed by atoms with Crippen LogP contribution in [0.5, 0.6) is 0 Å². The first-order valence-corrected chi connectivity index (χ1v) is 10.2. The van der Waals surface area contributed by atoms with Gasteiger partial charge >= 0.3 is 24.0 Å². The first-order valence-electron chi connectivity index (χ1n) is 9.78. The highest BCUT2D eigenvalue weighted by atomic mass is 32.1. The number of carbonyl (C=O) groups excluding carboxylic acids is 1. The predicted octanol–water partition coefficient (Wildman–Crippen LogP) is 1.70. The first-order chi connectivity index (χ1) is 15.1. The second kappa shape index (κ2) is 17.3. The van der Waals surface area contributed by atoms with Gasteiger partial charge in [0.05, 0.1) is 0 Å². The Bertz CT molecular complexity index is 746. The van der Waals surface area contributed by atoms with Gasteiger partial charge in [-0.2, -0.15) is 0 Å². The van der Waals surface area contributed by atoms with E-state index in [1.54, 1.807) is 0 Å². The number of alkyl carbamates (subject to hydrolysis) is 1. The monoisotopic (exact) mass is 471 g/mol. The quantitative estimate of drug-likeness (QED) is 0.181. The number of carbonyl (C=O) groups is 4. The molecule has 0 radical (unpaired) electrons. The zero-order chi connectivity index (χ0) is 24.4. The zero-order valence-electron chi connectivity index (χ0n) is 17.5. The molecular weight excluding hydrogens is 442 g/mol. The Hall–Kier alpha value is -3.41. The molecule has 0 aliphatic rings. The van der Waals surface area contributed by atoms with Gasteiger partial charge < -0.3 is 36.4 Å². The number of unbranched alkanes of at least 4 members (excludes halogenated alkanes) is 2. The van der Waals surface area contributed by atoms with Crippen LogP contribution in [0.3, 0.4) is 0 Å². The third-order valence-electron chi connectivity index (χ3n) is 3.81. The summed E-state index contributed by atoms with van der Waals surface area (Å²) >= 11 is 4.43. The lowest BCUT2D eigenvalue weighted by atomic mass is 10.1. The number of thiocarbonyl (C=S) groups is 1. The number of amides is 1. The van der Waals surface area contributed by atoms with Crippen LogP contribution in [0.15, 0.2) is 30.3 Å². The van der Waals surface area contributed by atoms with E-state index < -0.39 is 30.0 Å². The van der Waals surface area contributed by atoms with Gasteiger partial charge in [-0.3, -0.25) is 9.59 Å². The van der Waals surface area contributed by atoms with Gasteiger partial charge in [0.1, 0.15) is 12.6 Å². The molecule has 0 aromatic heterocycles. The maximum Gasteiger partial charge on any atom is 0.407 e. The van der Waals surface area contributed by atoms with E-state index in [9.17, 15) is 19.2 Å². The van der Waals surface area contributed by atoms with Crippen molar-refractivity contribution in [2.75, 3.05) is 6.54 Å². The van der Waals surface area contributed by atoms with E-state index in [2.05, 4.69) is 22.9 Å². The first kappa shape index (κ1) is 28.6. The summed E-state index contributed by atoms with van der Waals surface area (Å²) in [6.07, 6.45) is 1.62. The molecule has 12 heteroatoms. The summed E-state index contributed by atoms with van der Waals surface area (Å²) in [5.41, 5.74) is 5.99. The highest BCUT2D eigenvalue weighted by molar-refractivity contribution is 7.80. The molecular formula is C20H29N3O8S. The Kier molecular flexibility index (Phi) is 15.4. The van der Waals surface area contributed by atoms with E-state index in [0.29, 0.717) is 13.0 Å². The van der Waals surface area contributed by atoms with Crippen molar-refractivity contribution in [3.8, 4) is 0 Å². The SMILES string of the molecule is NC(=S)NC(CCC(=O)O)C(=O)O.O=C(O)CCCCCNC(=O)OCc1ccccc1. The van der Waals surface area contributed by atoms with Gasteiger partial charge in [-0.25, -0.2) is 9.59 Å². The maximum absolute atomic E-state index is 11.3. The number of nitrogens with one attached hydrogen (secondary N) is 2. The van der Waals surface area contributed by atoms with Gasteiger partial charge in [0.25, 0.3) is 0 Å². The number of ether oxygens (including phenoxy) is 1. The molecule has 0 spiro atoms. The molecule has 0 heterocycles. The fraction of sp³-hybridized carbons (Fsp3) is 0.450. The lowest BCUT2D eigenvalue weighted by Crippen LogP contribution is -2.43. The standard InChI is InChI=1S/C14H19NO4.C6H10N2O4S/c16-13(17)9-5-2-6-10-15-14(18)19-11-12-7-3-1-4-8-12;7-6(13)8-3(5(11)12)1-2-4(9)10/h1,3-4,7-8H,2,5-6,9-11H2,(H,15,18)(H,16,17);3H,1-2H2,(H,9,10)(H,11,12)(H3,7,8,13). The van der Waals surface area contributed by atoms with Crippen LogP contribution in [0.4, 0.5) is 4.79 Å². The van der Waals surface area contributed by atoms with Crippen molar-refractivity contribution in [3.63, 3.8) is 0 Å². The van der Waals surface area contributed by atoms with Gasteiger partial charge in [0.15, 0.2) is 5.11 Å². The molecule has 0 saturated carbocycles. The van der Waals surface area contributed by atoms with Crippen molar-refractivity contribution in [3.05, 3.63) is 35.9 Å². The van der Waals surface area contributed by atoms with Crippen LogP contribution < -0.4 is 16.4 Å². The van der Waals surface area contributed by atoms with Gasteiger partial charge in [-0.15, -0.1) is 0 Å². The van der Waals surface area contributed by atoms with Crippen LogP contribution in [0, 0.1) is 0 Å². The lowest BCUT2D eigenvalue weighted by molar-refractivity contribution is -0.140. The highest BCUT2D eigenvalue weighted by Gasteiger charge is 2.18. The second-order valence-corrected chi connectivity index (χ2v) is 6.96. The minimum atomic E-state index is -1.17. The summed E-state index contributed by atoms with van der Waals surface area (Å²) in [6, 6.07) is 8.42. The minimum absolute atomic E-state index is 0.0536. The molecule has 0 fully saturated rings. The van der Waals surface area contributed by atoms with Gasteiger partial charge in [0.2, 0.25) is 0 Å². The van der Waals surface area contributed by atoms with Crippen LogP contribution in [0.25, 0.3) is 0 Å². The molecule has 1 amide bonds. The number of nitrogens with two attached hydrogens (primary N) is 1. The Balaban J connectivity index is 0.000000649. The number of benzene rings is 1. The van der Waals surface area contributed by atoms with Crippen molar-refractivity contribution in [1.29, 1.82) is 0 Å². The van der Waals surface area contributed by atoms with E-state index in [1.165, 1.54) is 0 Å². The largest absolute Gasteiger partial charge is 0.481 e. The molecule has 11 nitrogen and oxygen atoms in total. The fourth-order valence-corrected chi connectivity index (χ4v) is 2.38. The zero-order valence-corrected chi connectivity index (χ0v) is 18.3. The summed E-state index contributed by atoms with van der Waals surface area (Å²) in [4.78, 5) is 42.2. The number of carboxylic acid groups (broad SMARTS) is 3. The fourth-order valence-electron chi connectivity index (χ4n) is 2.24. The third kappa shape index (κ3) is 17.4. The summed E-state index contributed by atoms with van der Waals surface area (Å²) < 4.78 is 5.03. The summed E-state index contributed by atoms with van der Waals surface area (Å²) in [6.45, 7) is 0.763. The molecule has 0 bridgehead atoms. The van der Waals surface area contributed by atoms with Crippen molar-refractivity contribution in [1.82, 2.24) is 10.6 Å². The normalized spacial score (nSPS) is 10.6. The topological polar surface area (TPSA) is 188 Å². The number of hydrogen-bond acceptors (Lipinski definition) is 6. The average molecular weight is 472 g/mol. The minimum Gasteiger partial charge on any atom is -0.481 e. The molecule has 0 aliphatic carbocycles. The van der Waals surface area contributed by atoms with Crippen molar-refractivity contribution in [2.24, 2.45) is 5.73 Å². The van der Waals surface area contributed by atoms with E-state index in [0.717, 1.165) is 18.4 Å². The van der Waals surface area contributed by atoms with Crippen LogP contribution in [-0.4, -0.2) is 57.0 Å². The molecule has 178 valence electrons. The molecule has 1 aromatic carbocycles. The number of carboxylic acids is 3. The number of hydrogen-bond donors (Lipinski definition) is 6. The molecule has 1 aromatic rings. The molecule has 32 heavy (non-hydrogen) atoms. The van der Waals surface area contributed by atoms with E-state index >= 15 is 0 Å². The third-order valence-corrected chi connectivity index (χ3v) is 3.93. The van der Waals surface area contributed by atoms with Gasteiger partial charge in [-0.05, 0) is 37.0 Å². The summed E-state index contributed by atoms with van der Waals surface area (Å²) in [5, 5.41) is 30.1. The predicted molar refractivity (Wildman–Crippen MR) is 119 cm³/mol. The van der Waals surface area contributed by atoms with Crippen molar-refractivity contribution in [2.45, 2.75) is 51.2 Å². The smallest absolute Gasteiger partial charge is 0.407 e. The molecule has 1 rings (SSSR count). The van der Waals surface area contributed by atoms with E-state index in [1.807, 2.05) is 30.3 Å². The van der Waals surface area contributed by atoms with E-state index in [4.69, 9.17) is 25.8 Å².